The standard InChI is InChI=1S/C27H36FN3O4S/c1-4-25(27(33)29-23-8-6-5-7-9-23)31(18-21-12-14-22(28)15-13-21)26(32)19-30(3)36(34,35)24-16-10-20(2)11-17-24/h10-17,23,25H,4-9,18-19H2,1-3H3,(H,29,33). The average Bonchev–Trinajstić information content (AvgIpc) is 2.86. The van der Waals surface area contributed by atoms with E-state index in [4.69, 9.17) is 0 Å². The molecule has 7 nitrogen and oxygen atoms in total. The van der Waals surface area contributed by atoms with E-state index in [-0.39, 0.29) is 23.4 Å². The number of hydrogen-bond donors (Lipinski definition) is 1. The summed E-state index contributed by atoms with van der Waals surface area (Å²) >= 11 is 0. The Balaban J connectivity index is 1.82. The highest BCUT2D eigenvalue weighted by molar-refractivity contribution is 7.89. The van der Waals surface area contributed by atoms with Gasteiger partial charge < -0.3 is 10.2 Å². The summed E-state index contributed by atoms with van der Waals surface area (Å²) in [6, 6.07) is 11.4. The molecule has 1 unspecified atom stereocenters. The van der Waals surface area contributed by atoms with Crippen LogP contribution in [0.2, 0.25) is 0 Å². The Bertz CT molecular complexity index is 1130. The molecule has 196 valence electrons. The van der Waals surface area contributed by atoms with Gasteiger partial charge in [-0.3, -0.25) is 9.59 Å². The molecule has 2 aromatic carbocycles. The maximum absolute atomic E-state index is 13.5. The largest absolute Gasteiger partial charge is 0.352 e. The smallest absolute Gasteiger partial charge is 0.243 e. The molecule has 0 radical (unpaired) electrons. The molecule has 1 atom stereocenters. The van der Waals surface area contributed by atoms with E-state index >= 15 is 0 Å². The van der Waals surface area contributed by atoms with Crippen molar-refractivity contribution in [1.82, 2.24) is 14.5 Å². The van der Waals surface area contributed by atoms with E-state index in [2.05, 4.69) is 5.32 Å². The van der Waals surface area contributed by atoms with Crippen molar-refractivity contribution in [2.75, 3.05) is 13.6 Å². The first-order valence-electron chi connectivity index (χ1n) is 12.5. The summed E-state index contributed by atoms with van der Waals surface area (Å²) < 4.78 is 40.6. The molecule has 0 heterocycles. The molecule has 0 spiro atoms. The number of aryl methyl sites for hydroxylation is 1. The fourth-order valence-electron chi connectivity index (χ4n) is 4.51. The zero-order valence-corrected chi connectivity index (χ0v) is 22.1. The third-order valence-electron chi connectivity index (χ3n) is 6.69. The van der Waals surface area contributed by atoms with Crippen molar-refractivity contribution in [1.29, 1.82) is 0 Å². The molecule has 3 rings (SSSR count). The van der Waals surface area contributed by atoms with E-state index in [0.717, 1.165) is 42.0 Å². The van der Waals surface area contributed by atoms with Crippen molar-refractivity contribution in [3.8, 4) is 0 Å². The lowest BCUT2D eigenvalue weighted by Crippen LogP contribution is -2.53. The molecule has 9 heteroatoms. The molecule has 1 aliphatic carbocycles. The Morgan fingerprint density at radius 1 is 1.03 bits per heavy atom. The minimum absolute atomic E-state index is 0.0636. The van der Waals surface area contributed by atoms with Crippen molar-refractivity contribution in [3.63, 3.8) is 0 Å². The lowest BCUT2D eigenvalue weighted by atomic mass is 9.95. The number of benzene rings is 2. The van der Waals surface area contributed by atoms with Crippen LogP contribution in [-0.4, -0.2) is 55.1 Å². The van der Waals surface area contributed by atoms with Crippen LogP contribution in [0.3, 0.4) is 0 Å². The van der Waals surface area contributed by atoms with Crippen LogP contribution in [0, 0.1) is 12.7 Å². The fourth-order valence-corrected chi connectivity index (χ4v) is 5.63. The molecule has 2 amide bonds. The topological polar surface area (TPSA) is 86.8 Å². The number of sulfonamides is 1. The lowest BCUT2D eigenvalue weighted by molar-refractivity contribution is -0.141. The van der Waals surface area contributed by atoms with E-state index in [1.54, 1.807) is 24.3 Å². The first-order valence-corrected chi connectivity index (χ1v) is 13.9. The lowest BCUT2D eigenvalue weighted by Gasteiger charge is -2.33. The van der Waals surface area contributed by atoms with Crippen molar-refractivity contribution in [2.24, 2.45) is 0 Å². The number of rotatable bonds is 10. The molecule has 36 heavy (non-hydrogen) atoms. The maximum Gasteiger partial charge on any atom is 0.243 e. The van der Waals surface area contributed by atoms with Gasteiger partial charge in [-0.1, -0.05) is 56.0 Å². The summed E-state index contributed by atoms with van der Waals surface area (Å²) in [6.07, 6.45) is 5.45. The van der Waals surface area contributed by atoms with Gasteiger partial charge in [0.2, 0.25) is 21.8 Å². The minimum Gasteiger partial charge on any atom is -0.352 e. The minimum atomic E-state index is -3.90. The second-order valence-electron chi connectivity index (χ2n) is 9.49. The highest BCUT2D eigenvalue weighted by atomic mass is 32.2. The van der Waals surface area contributed by atoms with Gasteiger partial charge in [0.15, 0.2) is 0 Å². The van der Waals surface area contributed by atoms with E-state index in [9.17, 15) is 22.4 Å². The first kappa shape index (κ1) is 27.8. The van der Waals surface area contributed by atoms with Gasteiger partial charge >= 0.3 is 0 Å². The average molecular weight is 518 g/mol. The van der Waals surface area contributed by atoms with Crippen LogP contribution < -0.4 is 5.32 Å². The summed E-state index contributed by atoms with van der Waals surface area (Å²) in [7, 11) is -2.55. The molecule has 2 aromatic rings. The Hall–Kier alpha value is -2.78. The predicted octanol–water partition coefficient (Wildman–Crippen LogP) is 4.01. The summed E-state index contributed by atoms with van der Waals surface area (Å²) in [4.78, 5) is 28.3. The number of halogens is 1. The summed E-state index contributed by atoms with van der Waals surface area (Å²) in [5, 5.41) is 3.09. The van der Waals surface area contributed by atoms with Crippen LogP contribution in [0.5, 0.6) is 0 Å². The fraction of sp³-hybridized carbons (Fsp3) is 0.481. The van der Waals surface area contributed by atoms with Crippen LogP contribution in [0.25, 0.3) is 0 Å². The van der Waals surface area contributed by atoms with Gasteiger partial charge in [0.25, 0.3) is 0 Å². The van der Waals surface area contributed by atoms with E-state index < -0.39 is 34.3 Å². The molecule has 0 aromatic heterocycles. The summed E-state index contributed by atoms with van der Waals surface area (Å²) in [6.45, 7) is 3.32. The van der Waals surface area contributed by atoms with Crippen LogP contribution in [-0.2, 0) is 26.2 Å². The van der Waals surface area contributed by atoms with Gasteiger partial charge in [-0.05, 0) is 56.0 Å². The normalized spacial score (nSPS) is 15.5. The molecule has 1 N–H and O–H groups in total. The van der Waals surface area contributed by atoms with Crippen molar-refractivity contribution >= 4 is 21.8 Å². The van der Waals surface area contributed by atoms with E-state index in [0.29, 0.717) is 12.0 Å². The Morgan fingerprint density at radius 3 is 2.22 bits per heavy atom. The molecule has 0 bridgehead atoms. The molecule has 0 saturated heterocycles. The van der Waals surface area contributed by atoms with Gasteiger partial charge in [0.05, 0.1) is 11.4 Å². The summed E-state index contributed by atoms with van der Waals surface area (Å²) in [5.41, 5.74) is 1.57. The number of nitrogens with zero attached hydrogens (tertiary/aromatic N) is 2. The number of carbonyl (C=O) groups is 2. The second-order valence-corrected chi connectivity index (χ2v) is 11.5. The maximum atomic E-state index is 13.5. The van der Waals surface area contributed by atoms with Gasteiger partial charge in [-0.15, -0.1) is 0 Å². The summed E-state index contributed by atoms with van der Waals surface area (Å²) in [5.74, 6) is -1.14. The number of nitrogens with one attached hydrogen (secondary N) is 1. The van der Waals surface area contributed by atoms with Crippen molar-refractivity contribution < 1.29 is 22.4 Å². The van der Waals surface area contributed by atoms with Crippen molar-refractivity contribution in [3.05, 3.63) is 65.5 Å². The highest BCUT2D eigenvalue weighted by Gasteiger charge is 2.32. The second kappa shape index (κ2) is 12.5. The predicted molar refractivity (Wildman–Crippen MR) is 137 cm³/mol. The molecule has 1 aliphatic rings. The monoisotopic (exact) mass is 517 g/mol. The number of amides is 2. The van der Waals surface area contributed by atoms with Gasteiger partial charge in [0, 0.05) is 19.6 Å². The first-order chi connectivity index (χ1) is 17.1. The van der Waals surface area contributed by atoms with Gasteiger partial charge in [-0.2, -0.15) is 4.31 Å². The van der Waals surface area contributed by atoms with Crippen LogP contribution in [0.15, 0.2) is 53.4 Å². The third kappa shape index (κ3) is 7.13. The SMILES string of the molecule is CCC(C(=O)NC1CCCCC1)N(Cc1ccc(F)cc1)C(=O)CN(C)S(=O)(=O)c1ccc(C)cc1. The molecule has 0 aliphatic heterocycles. The number of hydrogen-bond acceptors (Lipinski definition) is 4. The van der Waals surface area contributed by atoms with Crippen LogP contribution in [0.4, 0.5) is 4.39 Å². The van der Waals surface area contributed by atoms with Gasteiger partial charge in [0.1, 0.15) is 11.9 Å². The highest BCUT2D eigenvalue weighted by Crippen LogP contribution is 2.20. The Morgan fingerprint density at radius 2 is 1.64 bits per heavy atom. The quantitative estimate of drug-likeness (QED) is 0.516. The molecule has 1 fully saturated rings. The third-order valence-corrected chi connectivity index (χ3v) is 8.51. The Labute approximate surface area is 213 Å². The Kier molecular flexibility index (Phi) is 9.62. The van der Waals surface area contributed by atoms with Crippen LogP contribution >= 0.6 is 0 Å². The van der Waals surface area contributed by atoms with Crippen molar-refractivity contribution in [2.45, 2.75) is 75.9 Å². The number of carbonyl (C=O) groups excluding carboxylic acids is 2. The van der Waals surface area contributed by atoms with Gasteiger partial charge in [-0.25, -0.2) is 12.8 Å². The zero-order chi connectivity index (χ0) is 26.3. The van der Waals surface area contributed by atoms with E-state index in [1.165, 1.54) is 36.2 Å². The zero-order valence-electron chi connectivity index (χ0n) is 21.2. The van der Waals surface area contributed by atoms with E-state index in [1.807, 2.05) is 13.8 Å². The molecule has 1 saturated carbocycles. The molecular formula is C27H36FN3O4S. The molecular weight excluding hydrogens is 481 g/mol. The van der Waals surface area contributed by atoms with Crippen LogP contribution in [0.1, 0.15) is 56.6 Å². The number of likely N-dealkylation sites (N-methyl/N-ethyl adjacent to an activating group) is 1.